The Kier molecular flexibility index (Phi) is 6.60. The molecule has 1 unspecified atom stereocenters. The van der Waals surface area contributed by atoms with Crippen LogP contribution in [-0.4, -0.2) is 29.1 Å². The maximum atomic E-state index is 4.56. The van der Waals surface area contributed by atoms with E-state index in [1.54, 1.807) is 6.33 Å². The average molecular weight is 264 g/mol. The number of aromatic nitrogens is 2. The Morgan fingerprint density at radius 3 is 2.47 bits per heavy atom. The highest BCUT2D eigenvalue weighted by Crippen LogP contribution is 2.26. The minimum atomic E-state index is 0.505. The Balaban J connectivity index is 3.19. The molecule has 0 spiro atoms. The summed E-state index contributed by atoms with van der Waals surface area (Å²) in [7, 11) is 0. The molecule has 1 heterocycles. The van der Waals surface area contributed by atoms with Crippen molar-refractivity contribution in [3.8, 4) is 0 Å². The fraction of sp³-hybridized carbons (Fsp3) is 0.733. The van der Waals surface area contributed by atoms with E-state index in [0.717, 1.165) is 44.0 Å². The highest BCUT2D eigenvalue weighted by atomic mass is 15.2. The molecule has 108 valence electrons. The van der Waals surface area contributed by atoms with Gasteiger partial charge in [0.2, 0.25) is 0 Å². The molecule has 1 aromatic heterocycles. The van der Waals surface area contributed by atoms with Gasteiger partial charge in [-0.05, 0) is 33.6 Å². The summed E-state index contributed by atoms with van der Waals surface area (Å²) < 4.78 is 0. The van der Waals surface area contributed by atoms with Crippen molar-refractivity contribution in [1.29, 1.82) is 0 Å². The third kappa shape index (κ3) is 3.82. The average Bonchev–Trinajstić information content (AvgIpc) is 2.43. The summed E-state index contributed by atoms with van der Waals surface area (Å²) in [5.74, 6) is 2.10. The van der Waals surface area contributed by atoms with Gasteiger partial charge < -0.3 is 10.2 Å². The van der Waals surface area contributed by atoms with Gasteiger partial charge in [-0.3, -0.25) is 0 Å². The van der Waals surface area contributed by atoms with E-state index in [1.165, 1.54) is 5.56 Å². The predicted octanol–water partition coefficient (Wildman–Crippen LogP) is 3.49. The molecule has 19 heavy (non-hydrogen) atoms. The normalized spacial score (nSPS) is 12.3. The molecule has 0 fully saturated rings. The monoisotopic (exact) mass is 264 g/mol. The molecule has 0 bridgehead atoms. The molecule has 1 rings (SSSR count). The van der Waals surface area contributed by atoms with Crippen LogP contribution in [-0.2, 0) is 6.42 Å². The van der Waals surface area contributed by atoms with Crippen LogP contribution in [0.2, 0.25) is 0 Å². The van der Waals surface area contributed by atoms with Gasteiger partial charge in [0.15, 0.2) is 0 Å². The summed E-state index contributed by atoms with van der Waals surface area (Å²) in [5.41, 5.74) is 1.26. The SMILES string of the molecule is CCCc1c(NCC)ncnc1N(CC)C(C)CC. The predicted molar refractivity (Wildman–Crippen MR) is 83.0 cm³/mol. The Morgan fingerprint density at radius 1 is 1.21 bits per heavy atom. The number of nitrogens with zero attached hydrogens (tertiary/aromatic N) is 3. The molecule has 1 aromatic rings. The molecule has 0 amide bonds. The summed E-state index contributed by atoms with van der Waals surface area (Å²) in [6, 6.07) is 0.505. The van der Waals surface area contributed by atoms with E-state index in [4.69, 9.17) is 0 Å². The summed E-state index contributed by atoms with van der Waals surface area (Å²) in [4.78, 5) is 11.3. The van der Waals surface area contributed by atoms with Crippen molar-refractivity contribution in [2.75, 3.05) is 23.3 Å². The van der Waals surface area contributed by atoms with Crippen molar-refractivity contribution in [2.45, 2.75) is 59.9 Å². The molecule has 4 heteroatoms. The molecule has 0 saturated heterocycles. The smallest absolute Gasteiger partial charge is 0.137 e. The van der Waals surface area contributed by atoms with Gasteiger partial charge in [0.25, 0.3) is 0 Å². The zero-order valence-corrected chi connectivity index (χ0v) is 13.0. The van der Waals surface area contributed by atoms with Crippen molar-refractivity contribution in [2.24, 2.45) is 0 Å². The second-order valence-electron chi connectivity index (χ2n) is 4.85. The largest absolute Gasteiger partial charge is 0.370 e. The van der Waals surface area contributed by atoms with E-state index in [2.05, 4.69) is 54.8 Å². The molecular weight excluding hydrogens is 236 g/mol. The van der Waals surface area contributed by atoms with Gasteiger partial charge in [-0.25, -0.2) is 9.97 Å². The highest BCUT2D eigenvalue weighted by molar-refractivity contribution is 5.59. The van der Waals surface area contributed by atoms with Crippen molar-refractivity contribution in [1.82, 2.24) is 9.97 Å². The molecule has 0 aliphatic carbocycles. The van der Waals surface area contributed by atoms with Crippen LogP contribution < -0.4 is 10.2 Å². The standard InChI is InChI=1S/C15H28N4/c1-6-10-13-14(16-8-3)17-11-18-15(13)19(9-4)12(5)7-2/h11-12H,6-10H2,1-5H3,(H,16,17,18). The zero-order valence-electron chi connectivity index (χ0n) is 13.0. The molecule has 0 radical (unpaired) electrons. The third-order valence-corrected chi connectivity index (χ3v) is 3.50. The maximum absolute atomic E-state index is 4.56. The fourth-order valence-electron chi connectivity index (χ4n) is 2.34. The van der Waals surface area contributed by atoms with Crippen molar-refractivity contribution in [3.63, 3.8) is 0 Å². The van der Waals surface area contributed by atoms with E-state index >= 15 is 0 Å². The maximum Gasteiger partial charge on any atom is 0.137 e. The van der Waals surface area contributed by atoms with Crippen LogP contribution in [0.15, 0.2) is 6.33 Å². The first-order valence-electron chi connectivity index (χ1n) is 7.53. The van der Waals surface area contributed by atoms with Gasteiger partial charge in [0, 0.05) is 24.7 Å². The van der Waals surface area contributed by atoms with Gasteiger partial charge in [-0.1, -0.05) is 20.3 Å². The van der Waals surface area contributed by atoms with Gasteiger partial charge in [0.1, 0.15) is 18.0 Å². The number of anilines is 2. The number of hydrogen-bond acceptors (Lipinski definition) is 4. The molecular formula is C15H28N4. The number of rotatable bonds is 8. The first-order chi connectivity index (χ1) is 9.19. The first-order valence-corrected chi connectivity index (χ1v) is 7.53. The Labute approximate surface area is 117 Å². The highest BCUT2D eigenvalue weighted by Gasteiger charge is 2.18. The Bertz CT molecular complexity index is 378. The zero-order chi connectivity index (χ0) is 14.3. The van der Waals surface area contributed by atoms with Crippen LogP contribution in [0.4, 0.5) is 11.6 Å². The number of nitrogens with one attached hydrogen (secondary N) is 1. The van der Waals surface area contributed by atoms with Crippen LogP contribution in [0.1, 0.15) is 53.0 Å². The van der Waals surface area contributed by atoms with E-state index in [9.17, 15) is 0 Å². The summed E-state index contributed by atoms with van der Waals surface area (Å²) in [6.07, 6.45) is 4.93. The third-order valence-electron chi connectivity index (χ3n) is 3.50. The molecule has 1 N–H and O–H groups in total. The van der Waals surface area contributed by atoms with Crippen molar-refractivity contribution >= 4 is 11.6 Å². The lowest BCUT2D eigenvalue weighted by molar-refractivity contribution is 0.618. The topological polar surface area (TPSA) is 41.1 Å². The number of hydrogen-bond donors (Lipinski definition) is 1. The van der Waals surface area contributed by atoms with Crippen LogP contribution in [0.5, 0.6) is 0 Å². The minimum absolute atomic E-state index is 0.505. The quantitative estimate of drug-likeness (QED) is 0.780. The lowest BCUT2D eigenvalue weighted by Crippen LogP contribution is -2.34. The first kappa shape index (κ1) is 15.7. The van der Waals surface area contributed by atoms with Crippen LogP contribution in [0.3, 0.4) is 0 Å². The summed E-state index contributed by atoms with van der Waals surface area (Å²) in [6.45, 7) is 12.8. The van der Waals surface area contributed by atoms with Crippen LogP contribution in [0.25, 0.3) is 0 Å². The summed E-state index contributed by atoms with van der Waals surface area (Å²) in [5, 5.41) is 3.36. The van der Waals surface area contributed by atoms with Gasteiger partial charge >= 0.3 is 0 Å². The minimum Gasteiger partial charge on any atom is -0.370 e. The molecule has 1 atom stereocenters. The van der Waals surface area contributed by atoms with E-state index < -0.39 is 0 Å². The van der Waals surface area contributed by atoms with Crippen molar-refractivity contribution < 1.29 is 0 Å². The molecule has 0 saturated carbocycles. The van der Waals surface area contributed by atoms with Crippen LogP contribution in [0, 0.1) is 0 Å². The van der Waals surface area contributed by atoms with Crippen molar-refractivity contribution in [3.05, 3.63) is 11.9 Å². The Morgan fingerprint density at radius 2 is 1.95 bits per heavy atom. The van der Waals surface area contributed by atoms with Gasteiger partial charge in [0.05, 0.1) is 0 Å². The van der Waals surface area contributed by atoms with E-state index in [0.29, 0.717) is 6.04 Å². The summed E-state index contributed by atoms with van der Waals surface area (Å²) >= 11 is 0. The lowest BCUT2D eigenvalue weighted by Gasteiger charge is -2.30. The molecule has 0 aromatic carbocycles. The lowest BCUT2D eigenvalue weighted by atomic mass is 10.1. The molecule has 4 nitrogen and oxygen atoms in total. The second kappa shape index (κ2) is 7.97. The second-order valence-corrected chi connectivity index (χ2v) is 4.85. The fourth-order valence-corrected chi connectivity index (χ4v) is 2.34. The van der Waals surface area contributed by atoms with Crippen LogP contribution >= 0.6 is 0 Å². The molecule has 0 aliphatic heterocycles. The molecule has 0 aliphatic rings. The van der Waals surface area contributed by atoms with Gasteiger partial charge in [-0.2, -0.15) is 0 Å². The van der Waals surface area contributed by atoms with Gasteiger partial charge in [-0.15, -0.1) is 0 Å². The van der Waals surface area contributed by atoms with E-state index in [-0.39, 0.29) is 0 Å². The van der Waals surface area contributed by atoms with E-state index in [1.807, 2.05) is 0 Å². The Hall–Kier alpha value is -1.32.